The van der Waals surface area contributed by atoms with Crippen LogP contribution in [0.5, 0.6) is 5.75 Å². The lowest BCUT2D eigenvalue weighted by atomic mass is 9.96. The second-order valence-electron chi connectivity index (χ2n) is 10.4. The van der Waals surface area contributed by atoms with Crippen molar-refractivity contribution in [2.75, 3.05) is 12.3 Å². The zero-order chi connectivity index (χ0) is 26.1. The van der Waals surface area contributed by atoms with E-state index in [1.807, 2.05) is 42.5 Å². The van der Waals surface area contributed by atoms with E-state index in [1.54, 1.807) is 30.3 Å². The van der Waals surface area contributed by atoms with Crippen molar-refractivity contribution in [3.05, 3.63) is 95.1 Å². The number of nitrogens with two attached hydrogens (primary N) is 1. The van der Waals surface area contributed by atoms with Crippen molar-refractivity contribution in [1.29, 1.82) is 0 Å². The summed E-state index contributed by atoms with van der Waals surface area (Å²) in [4.78, 5) is 26.2. The Labute approximate surface area is 213 Å². The normalized spacial score (nSPS) is 12.1. The van der Waals surface area contributed by atoms with E-state index in [4.69, 9.17) is 5.73 Å². The number of nitrogen functional groups attached to an aromatic ring is 1. The molecule has 0 aliphatic rings. The summed E-state index contributed by atoms with van der Waals surface area (Å²) in [6, 6.07) is 21.6. The average molecular weight is 488 g/mol. The second kappa shape index (κ2) is 12.2. The fourth-order valence-corrected chi connectivity index (χ4v) is 3.85. The number of aryl methyl sites for hydroxylation is 3. The largest absolute Gasteiger partial charge is 0.508 e. The van der Waals surface area contributed by atoms with Crippen LogP contribution in [-0.2, 0) is 24.1 Å². The molecule has 190 valence electrons. The number of phenolic OH excluding ortho intramolecular Hbond substituents is 1. The van der Waals surface area contributed by atoms with Gasteiger partial charge in [0.25, 0.3) is 5.91 Å². The zero-order valence-electron chi connectivity index (χ0n) is 21.4. The molecule has 3 aromatic rings. The highest BCUT2D eigenvalue weighted by molar-refractivity contribution is 5.98. The van der Waals surface area contributed by atoms with Crippen LogP contribution in [0.2, 0.25) is 0 Å². The van der Waals surface area contributed by atoms with E-state index in [2.05, 4.69) is 31.4 Å². The van der Waals surface area contributed by atoms with Crippen LogP contribution >= 0.6 is 0 Å². The van der Waals surface area contributed by atoms with E-state index >= 15 is 0 Å². The van der Waals surface area contributed by atoms with E-state index in [9.17, 15) is 14.7 Å². The lowest BCUT2D eigenvalue weighted by Crippen LogP contribution is -2.48. The molecule has 0 aromatic heterocycles. The van der Waals surface area contributed by atoms with Gasteiger partial charge in [-0.05, 0) is 78.1 Å². The molecule has 0 radical (unpaired) electrons. The molecule has 1 atom stereocenters. The summed E-state index contributed by atoms with van der Waals surface area (Å²) in [6.45, 7) is 6.68. The maximum absolute atomic E-state index is 13.2. The molecular formula is C30H37N3O3. The van der Waals surface area contributed by atoms with Crippen molar-refractivity contribution in [2.45, 2.75) is 52.5 Å². The van der Waals surface area contributed by atoms with Crippen molar-refractivity contribution >= 4 is 17.5 Å². The summed E-state index contributed by atoms with van der Waals surface area (Å²) < 4.78 is 0. The molecule has 0 spiro atoms. The summed E-state index contributed by atoms with van der Waals surface area (Å²) in [5.74, 6) is -0.257. The van der Waals surface area contributed by atoms with E-state index < -0.39 is 6.04 Å². The number of anilines is 1. The van der Waals surface area contributed by atoms with Gasteiger partial charge in [-0.3, -0.25) is 9.59 Å². The van der Waals surface area contributed by atoms with Gasteiger partial charge in [-0.2, -0.15) is 0 Å². The summed E-state index contributed by atoms with van der Waals surface area (Å²) in [7, 11) is 0. The molecule has 36 heavy (non-hydrogen) atoms. The Morgan fingerprint density at radius 1 is 0.889 bits per heavy atom. The van der Waals surface area contributed by atoms with Crippen LogP contribution in [0.3, 0.4) is 0 Å². The van der Waals surface area contributed by atoms with Gasteiger partial charge in [0.2, 0.25) is 5.91 Å². The van der Waals surface area contributed by atoms with Gasteiger partial charge < -0.3 is 21.5 Å². The molecule has 0 saturated carbocycles. The van der Waals surface area contributed by atoms with E-state index in [-0.39, 0.29) is 23.0 Å². The number of nitrogens with one attached hydrogen (secondary N) is 2. The number of carbonyl (C=O) groups is 2. The van der Waals surface area contributed by atoms with Crippen LogP contribution in [-0.4, -0.2) is 29.5 Å². The van der Waals surface area contributed by atoms with Gasteiger partial charge in [0.05, 0.1) is 0 Å². The topological polar surface area (TPSA) is 104 Å². The number of benzene rings is 3. The number of amides is 2. The van der Waals surface area contributed by atoms with Crippen molar-refractivity contribution in [1.82, 2.24) is 10.6 Å². The summed E-state index contributed by atoms with van der Waals surface area (Å²) in [6.07, 6.45) is 2.55. The van der Waals surface area contributed by atoms with Crippen molar-refractivity contribution in [3.63, 3.8) is 0 Å². The molecule has 6 heteroatoms. The van der Waals surface area contributed by atoms with Gasteiger partial charge >= 0.3 is 0 Å². The Hall–Kier alpha value is -3.80. The second-order valence-corrected chi connectivity index (χ2v) is 10.4. The first-order valence-electron chi connectivity index (χ1n) is 12.4. The average Bonchev–Trinajstić information content (AvgIpc) is 2.85. The molecular weight excluding hydrogens is 450 g/mol. The Morgan fingerprint density at radius 3 is 2.22 bits per heavy atom. The molecule has 5 N–H and O–H groups in total. The van der Waals surface area contributed by atoms with E-state index in [0.717, 1.165) is 23.1 Å². The number of phenols is 1. The standard InChI is InChI=1S/C30H37N3O3/c1-30(2,3)20-32-29(36)27(18-12-21-7-5-4-6-8-21)33-28(35)24-14-17-26(31)23(19-24)13-9-22-10-15-25(34)16-11-22/h4-8,10-11,14-17,19,27,34H,9,12-13,18,20,31H2,1-3H3,(H,32,36)(H,33,35). The van der Waals surface area contributed by atoms with Gasteiger partial charge in [-0.15, -0.1) is 0 Å². The third-order valence-corrected chi connectivity index (χ3v) is 6.00. The predicted molar refractivity (Wildman–Crippen MR) is 145 cm³/mol. The number of aromatic hydroxyl groups is 1. The Morgan fingerprint density at radius 2 is 1.56 bits per heavy atom. The third-order valence-electron chi connectivity index (χ3n) is 6.00. The predicted octanol–water partition coefficient (Wildman–Crippen LogP) is 4.65. The first-order valence-corrected chi connectivity index (χ1v) is 12.4. The quantitative estimate of drug-likeness (QED) is 0.312. The number of hydrogen-bond donors (Lipinski definition) is 4. The molecule has 0 bridgehead atoms. The van der Waals surface area contributed by atoms with Crippen LogP contribution in [0.1, 0.15) is 54.2 Å². The van der Waals surface area contributed by atoms with Gasteiger partial charge in [-0.1, -0.05) is 63.2 Å². The van der Waals surface area contributed by atoms with Gasteiger partial charge in [0.1, 0.15) is 11.8 Å². The monoisotopic (exact) mass is 487 g/mol. The van der Waals surface area contributed by atoms with Gasteiger partial charge in [0, 0.05) is 17.8 Å². The Kier molecular flexibility index (Phi) is 9.12. The van der Waals surface area contributed by atoms with E-state index in [1.165, 1.54) is 0 Å². The Bertz CT molecular complexity index is 1150. The van der Waals surface area contributed by atoms with Gasteiger partial charge in [0.15, 0.2) is 0 Å². The van der Waals surface area contributed by atoms with E-state index in [0.29, 0.717) is 37.1 Å². The fourth-order valence-electron chi connectivity index (χ4n) is 3.85. The van der Waals surface area contributed by atoms with Crippen LogP contribution in [0.4, 0.5) is 5.69 Å². The summed E-state index contributed by atoms with van der Waals surface area (Å²) >= 11 is 0. The minimum Gasteiger partial charge on any atom is -0.508 e. The number of hydrogen-bond acceptors (Lipinski definition) is 4. The van der Waals surface area contributed by atoms with Crippen molar-refractivity contribution < 1.29 is 14.7 Å². The highest BCUT2D eigenvalue weighted by Crippen LogP contribution is 2.19. The van der Waals surface area contributed by atoms with Crippen LogP contribution < -0.4 is 16.4 Å². The fraction of sp³-hybridized carbons (Fsp3) is 0.333. The minimum atomic E-state index is -0.655. The highest BCUT2D eigenvalue weighted by atomic mass is 16.3. The van der Waals surface area contributed by atoms with Crippen molar-refractivity contribution in [2.24, 2.45) is 5.41 Å². The lowest BCUT2D eigenvalue weighted by molar-refractivity contribution is -0.123. The molecule has 0 fully saturated rings. The first-order chi connectivity index (χ1) is 17.1. The third kappa shape index (κ3) is 8.45. The van der Waals surface area contributed by atoms with Gasteiger partial charge in [-0.25, -0.2) is 0 Å². The molecule has 0 aliphatic heterocycles. The minimum absolute atomic E-state index is 0.0625. The smallest absolute Gasteiger partial charge is 0.251 e. The molecule has 2 amide bonds. The van der Waals surface area contributed by atoms with Crippen LogP contribution in [0.25, 0.3) is 0 Å². The zero-order valence-corrected chi connectivity index (χ0v) is 21.4. The SMILES string of the molecule is CC(C)(C)CNC(=O)C(CCc1ccccc1)NC(=O)c1ccc(N)c(CCc2ccc(O)cc2)c1. The first kappa shape index (κ1) is 26.8. The lowest BCUT2D eigenvalue weighted by Gasteiger charge is -2.23. The van der Waals surface area contributed by atoms with Crippen molar-refractivity contribution in [3.8, 4) is 5.75 Å². The number of carbonyl (C=O) groups excluding carboxylic acids is 2. The molecule has 3 rings (SSSR count). The Balaban J connectivity index is 1.70. The summed E-state index contributed by atoms with van der Waals surface area (Å²) in [5.41, 5.74) is 10.3. The summed E-state index contributed by atoms with van der Waals surface area (Å²) in [5, 5.41) is 15.4. The maximum atomic E-state index is 13.2. The molecule has 6 nitrogen and oxygen atoms in total. The molecule has 0 heterocycles. The van der Waals surface area contributed by atoms with Crippen LogP contribution in [0.15, 0.2) is 72.8 Å². The maximum Gasteiger partial charge on any atom is 0.251 e. The highest BCUT2D eigenvalue weighted by Gasteiger charge is 2.23. The molecule has 3 aromatic carbocycles. The molecule has 0 aliphatic carbocycles. The van der Waals surface area contributed by atoms with Crippen LogP contribution in [0, 0.1) is 5.41 Å². The number of rotatable bonds is 10. The molecule has 1 unspecified atom stereocenters. The molecule has 0 saturated heterocycles.